The molecule has 1 aliphatic rings. The van der Waals surface area contributed by atoms with Crippen LogP contribution in [0, 0.1) is 6.92 Å². The van der Waals surface area contributed by atoms with Crippen LogP contribution < -0.4 is 9.80 Å². The van der Waals surface area contributed by atoms with Crippen molar-refractivity contribution in [2.75, 3.05) is 31.1 Å². The van der Waals surface area contributed by atoms with E-state index in [1.54, 1.807) is 0 Å². The highest BCUT2D eigenvalue weighted by molar-refractivity contribution is 5.54. The summed E-state index contributed by atoms with van der Waals surface area (Å²) in [6, 6.07) is 18.6. The van der Waals surface area contributed by atoms with Gasteiger partial charge in [-0.2, -0.15) is 4.98 Å². The highest BCUT2D eigenvalue weighted by Crippen LogP contribution is 2.19. The van der Waals surface area contributed by atoms with Crippen molar-refractivity contribution in [3.8, 4) is 11.4 Å². The molecule has 1 N–H and O–H groups in total. The van der Waals surface area contributed by atoms with Gasteiger partial charge in [0.15, 0.2) is 6.54 Å². The van der Waals surface area contributed by atoms with Crippen LogP contribution in [0.5, 0.6) is 0 Å². The molecule has 0 bridgehead atoms. The van der Waals surface area contributed by atoms with Crippen LogP contribution in [0.15, 0.2) is 59.1 Å². The molecule has 1 saturated heterocycles. The zero-order valence-electron chi connectivity index (χ0n) is 14.5. The number of quaternary nitrogens is 1. The molecule has 0 unspecified atom stereocenters. The predicted octanol–water partition coefficient (Wildman–Crippen LogP) is 1.95. The van der Waals surface area contributed by atoms with E-state index in [2.05, 4.69) is 46.2 Å². The van der Waals surface area contributed by atoms with Gasteiger partial charge in [-0.15, -0.1) is 0 Å². The summed E-state index contributed by atoms with van der Waals surface area (Å²) >= 11 is 0. The first kappa shape index (κ1) is 15.8. The Morgan fingerprint density at radius 2 is 1.72 bits per heavy atom. The predicted molar refractivity (Wildman–Crippen MR) is 97.5 cm³/mol. The van der Waals surface area contributed by atoms with E-state index in [4.69, 9.17) is 4.52 Å². The zero-order chi connectivity index (χ0) is 17.1. The lowest BCUT2D eigenvalue weighted by atomic mass is 10.1. The fourth-order valence-electron chi connectivity index (χ4n) is 3.40. The van der Waals surface area contributed by atoms with Crippen molar-refractivity contribution in [1.29, 1.82) is 0 Å². The van der Waals surface area contributed by atoms with Gasteiger partial charge < -0.3 is 14.3 Å². The van der Waals surface area contributed by atoms with Crippen LogP contribution in [0.1, 0.15) is 11.5 Å². The Labute approximate surface area is 147 Å². The number of nitrogens with zero attached hydrogens (tertiary/aromatic N) is 3. The number of rotatable bonds is 4. The fraction of sp³-hybridized carbons (Fsp3) is 0.300. The SMILES string of the molecule is Cc1ccccc1N1CC[NH+](Cc2nc(-c3ccccc3)no2)CC1. The maximum atomic E-state index is 5.46. The van der Waals surface area contributed by atoms with Crippen LogP contribution in [-0.4, -0.2) is 36.3 Å². The number of nitrogens with one attached hydrogen (secondary N) is 1. The van der Waals surface area contributed by atoms with E-state index in [9.17, 15) is 0 Å². The Morgan fingerprint density at radius 1 is 1.00 bits per heavy atom. The second-order valence-corrected chi connectivity index (χ2v) is 6.58. The Kier molecular flexibility index (Phi) is 4.48. The molecule has 25 heavy (non-hydrogen) atoms. The number of anilines is 1. The normalized spacial score (nSPS) is 15.5. The summed E-state index contributed by atoms with van der Waals surface area (Å²) < 4.78 is 5.46. The highest BCUT2D eigenvalue weighted by Gasteiger charge is 2.23. The molecule has 1 fully saturated rings. The minimum absolute atomic E-state index is 0.675. The first-order valence-corrected chi connectivity index (χ1v) is 8.82. The van der Waals surface area contributed by atoms with Crippen molar-refractivity contribution in [2.24, 2.45) is 0 Å². The smallest absolute Gasteiger partial charge is 0.282 e. The summed E-state index contributed by atoms with van der Waals surface area (Å²) in [7, 11) is 0. The molecule has 5 heteroatoms. The molecular weight excluding hydrogens is 312 g/mol. The van der Waals surface area contributed by atoms with Crippen molar-refractivity contribution in [3.05, 3.63) is 66.1 Å². The molecule has 0 amide bonds. The molecule has 0 spiro atoms. The van der Waals surface area contributed by atoms with E-state index < -0.39 is 0 Å². The highest BCUT2D eigenvalue weighted by atomic mass is 16.5. The number of aromatic nitrogens is 2. The third-order valence-corrected chi connectivity index (χ3v) is 4.83. The van der Waals surface area contributed by atoms with Crippen LogP contribution in [0.25, 0.3) is 11.4 Å². The minimum atomic E-state index is 0.675. The molecule has 0 aliphatic carbocycles. The van der Waals surface area contributed by atoms with Crippen molar-refractivity contribution in [3.63, 3.8) is 0 Å². The van der Waals surface area contributed by atoms with Gasteiger partial charge >= 0.3 is 0 Å². The summed E-state index contributed by atoms with van der Waals surface area (Å²) in [5.41, 5.74) is 3.69. The van der Waals surface area contributed by atoms with Gasteiger partial charge in [0.1, 0.15) is 0 Å². The average Bonchev–Trinajstić information content (AvgIpc) is 3.12. The largest absolute Gasteiger partial charge is 0.360 e. The van der Waals surface area contributed by atoms with Crippen molar-refractivity contribution < 1.29 is 9.42 Å². The first-order chi connectivity index (χ1) is 12.3. The molecule has 1 aromatic heterocycles. The first-order valence-electron chi connectivity index (χ1n) is 8.82. The summed E-state index contributed by atoms with van der Waals surface area (Å²) in [4.78, 5) is 8.52. The van der Waals surface area contributed by atoms with E-state index >= 15 is 0 Å². The van der Waals surface area contributed by atoms with Gasteiger partial charge in [0.2, 0.25) is 5.82 Å². The van der Waals surface area contributed by atoms with E-state index in [0.29, 0.717) is 5.82 Å². The average molecular weight is 335 g/mol. The number of hydrogen-bond acceptors (Lipinski definition) is 4. The summed E-state index contributed by atoms with van der Waals surface area (Å²) in [5.74, 6) is 1.40. The Balaban J connectivity index is 1.36. The Hall–Kier alpha value is -2.66. The van der Waals surface area contributed by atoms with Crippen LogP contribution in [0.4, 0.5) is 5.69 Å². The van der Waals surface area contributed by atoms with E-state index in [-0.39, 0.29) is 0 Å². The molecule has 0 radical (unpaired) electrons. The standard InChI is InChI=1S/C20H22N4O/c1-16-7-5-6-10-18(16)24-13-11-23(12-14-24)15-19-21-20(22-25-19)17-8-3-2-4-9-17/h2-10H,11-15H2,1H3/p+1. The van der Waals surface area contributed by atoms with Gasteiger partial charge in [-0.3, -0.25) is 0 Å². The van der Waals surface area contributed by atoms with Crippen molar-refractivity contribution in [1.82, 2.24) is 10.1 Å². The van der Waals surface area contributed by atoms with Crippen LogP contribution in [0.2, 0.25) is 0 Å². The minimum Gasteiger partial charge on any atom is -0.360 e. The molecule has 4 rings (SSSR count). The summed E-state index contributed by atoms with van der Waals surface area (Å²) in [5, 5.41) is 4.12. The van der Waals surface area contributed by atoms with Gasteiger partial charge in [0.05, 0.1) is 26.2 Å². The number of piperazine rings is 1. The van der Waals surface area contributed by atoms with Crippen LogP contribution in [0.3, 0.4) is 0 Å². The quantitative estimate of drug-likeness (QED) is 0.792. The lowest BCUT2D eigenvalue weighted by molar-refractivity contribution is -0.915. The Morgan fingerprint density at radius 3 is 2.48 bits per heavy atom. The van der Waals surface area contributed by atoms with Gasteiger partial charge in [0, 0.05) is 11.3 Å². The molecule has 2 heterocycles. The summed E-state index contributed by atoms with van der Waals surface area (Å²) in [6.07, 6.45) is 0. The fourth-order valence-corrected chi connectivity index (χ4v) is 3.40. The molecule has 1 aliphatic heterocycles. The van der Waals surface area contributed by atoms with Gasteiger partial charge in [0.25, 0.3) is 5.89 Å². The summed E-state index contributed by atoms with van der Waals surface area (Å²) in [6.45, 7) is 7.24. The van der Waals surface area contributed by atoms with Crippen molar-refractivity contribution in [2.45, 2.75) is 13.5 Å². The van der Waals surface area contributed by atoms with Crippen LogP contribution in [-0.2, 0) is 6.54 Å². The second-order valence-electron chi connectivity index (χ2n) is 6.58. The number of hydrogen-bond donors (Lipinski definition) is 1. The number of aryl methyl sites for hydroxylation is 1. The molecule has 0 saturated carbocycles. The van der Waals surface area contributed by atoms with Gasteiger partial charge in [-0.25, -0.2) is 0 Å². The van der Waals surface area contributed by atoms with E-state index in [0.717, 1.165) is 44.2 Å². The zero-order valence-corrected chi connectivity index (χ0v) is 14.5. The maximum Gasteiger partial charge on any atom is 0.282 e. The lowest BCUT2D eigenvalue weighted by Gasteiger charge is -2.33. The van der Waals surface area contributed by atoms with E-state index in [1.165, 1.54) is 16.2 Å². The number of benzene rings is 2. The molecular formula is C20H23N4O+. The second kappa shape index (κ2) is 7.07. The van der Waals surface area contributed by atoms with Gasteiger partial charge in [-0.1, -0.05) is 53.7 Å². The molecule has 5 nitrogen and oxygen atoms in total. The molecule has 128 valence electrons. The topological polar surface area (TPSA) is 46.6 Å². The molecule has 2 aromatic carbocycles. The molecule has 0 atom stereocenters. The third-order valence-electron chi connectivity index (χ3n) is 4.83. The monoisotopic (exact) mass is 335 g/mol. The maximum absolute atomic E-state index is 5.46. The van der Waals surface area contributed by atoms with Crippen molar-refractivity contribution >= 4 is 5.69 Å². The van der Waals surface area contributed by atoms with Crippen LogP contribution >= 0.6 is 0 Å². The Bertz CT molecular complexity index is 822. The lowest BCUT2D eigenvalue weighted by Crippen LogP contribution is -3.13. The number of para-hydroxylation sites is 1. The van der Waals surface area contributed by atoms with E-state index in [1.807, 2.05) is 30.3 Å². The molecule has 3 aromatic rings. The third kappa shape index (κ3) is 3.56. The van der Waals surface area contributed by atoms with Gasteiger partial charge in [-0.05, 0) is 18.6 Å².